The zero-order chi connectivity index (χ0) is 20.6. The van der Waals surface area contributed by atoms with Crippen LogP contribution in [0.25, 0.3) is 0 Å². The summed E-state index contributed by atoms with van der Waals surface area (Å²) in [6, 6.07) is 13.1. The normalized spacial score (nSPS) is 15.5. The Balaban J connectivity index is 1.46. The molecule has 0 aromatic heterocycles. The molecule has 2 N–H and O–H groups in total. The molecule has 1 saturated heterocycles. The molecule has 0 unspecified atom stereocenters. The summed E-state index contributed by atoms with van der Waals surface area (Å²) < 4.78 is 23.5. The van der Waals surface area contributed by atoms with Gasteiger partial charge in [0.25, 0.3) is 5.91 Å². The number of nitrogens with one attached hydrogen (secondary N) is 2. The minimum absolute atomic E-state index is 0.236. The fourth-order valence-electron chi connectivity index (χ4n) is 3.10. The van der Waals surface area contributed by atoms with Gasteiger partial charge in [-0.25, -0.2) is 9.18 Å². The van der Waals surface area contributed by atoms with Crippen LogP contribution in [0.5, 0.6) is 0 Å². The summed E-state index contributed by atoms with van der Waals surface area (Å²) in [7, 11) is 0. The second kappa shape index (κ2) is 10.1. The van der Waals surface area contributed by atoms with Crippen molar-refractivity contribution in [2.45, 2.75) is 26.1 Å². The lowest BCUT2D eigenvalue weighted by molar-refractivity contribution is -0.921. The Hall–Kier alpha value is -2.77. The molecule has 1 amide bonds. The van der Waals surface area contributed by atoms with E-state index in [4.69, 9.17) is 9.47 Å². The minimum atomic E-state index is -0.930. The van der Waals surface area contributed by atoms with Crippen LogP contribution in [-0.2, 0) is 27.4 Å². The van der Waals surface area contributed by atoms with Crippen LogP contribution in [0.2, 0.25) is 0 Å². The first-order valence-electron chi connectivity index (χ1n) is 9.74. The molecule has 3 rings (SSSR count). The number of carbonyl (C=O) groups excluding carboxylic acids is 2. The summed E-state index contributed by atoms with van der Waals surface area (Å²) >= 11 is 0. The number of hydrogen-bond donors (Lipinski definition) is 2. The van der Waals surface area contributed by atoms with Gasteiger partial charge in [-0.15, -0.1) is 0 Å². The Labute approximate surface area is 169 Å². The Bertz CT molecular complexity index is 818. The van der Waals surface area contributed by atoms with Gasteiger partial charge in [-0.3, -0.25) is 4.79 Å². The number of benzene rings is 2. The van der Waals surface area contributed by atoms with Crippen molar-refractivity contribution in [1.29, 1.82) is 0 Å². The number of ether oxygens (including phenoxy) is 2. The fraction of sp³-hybridized carbons (Fsp3) is 0.364. The maximum atomic E-state index is 12.9. The lowest BCUT2D eigenvalue weighted by Gasteiger charge is -2.23. The van der Waals surface area contributed by atoms with Gasteiger partial charge >= 0.3 is 5.97 Å². The number of morpholine rings is 1. The first-order chi connectivity index (χ1) is 14.0. The Morgan fingerprint density at radius 2 is 1.69 bits per heavy atom. The molecule has 0 bridgehead atoms. The number of hydrogen-bond acceptors (Lipinski definition) is 4. The predicted molar refractivity (Wildman–Crippen MR) is 105 cm³/mol. The van der Waals surface area contributed by atoms with Crippen molar-refractivity contribution < 1.29 is 28.4 Å². The highest BCUT2D eigenvalue weighted by molar-refractivity contribution is 5.92. The number of quaternary nitrogens is 1. The molecule has 1 aliphatic rings. The van der Waals surface area contributed by atoms with E-state index in [-0.39, 0.29) is 12.4 Å². The second-order valence-electron chi connectivity index (χ2n) is 7.13. The van der Waals surface area contributed by atoms with Gasteiger partial charge in [-0.2, -0.15) is 0 Å². The molecule has 1 heterocycles. The number of rotatable bonds is 7. The van der Waals surface area contributed by atoms with Crippen LogP contribution < -0.4 is 10.2 Å². The predicted octanol–water partition coefficient (Wildman–Crippen LogP) is 1.10. The van der Waals surface area contributed by atoms with Gasteiger partial charge in [0.05, 0.1) is 18.8 Å². The number of esters is 1. The van der Waals surface area contributed by atoms with E-state index in [0.717, 1.165) is 44.0 Å². The van der Waals surface area contributed by atoms with Crippen LogP contribution >= 0.6 is 0 Å². The molecule has 1 aliphatic heterocycles. The summed E-state index contributed by atoms with van der Waals surface area (Å²) in [5.41, 5.74) is 2.31. The largest absolute Gasteiger partial charge is 0.449 e. The zero-order valence-corrected chi connectivity index (χ0v) is 16.4. The summed E-state index contributed by atoms with van der Waals surface area (Å²) in [5.74, 6) is -1.28. The van der Waals surface area contributed by atoms with Crippen LogP contribution in [0.4, 0.5) is 4.39 Å². The SMILES string of the molecule is C[C@@H](OC(=O)c1ccc(C[NH+]2CCOCC2)cc1)C(=O)NCc1ccc(F)cc1. The molecule has 7 heteroatoms. The van der Waals surface area contributed by atoms with Gasteiger partial charge in [0.1, 0.15) is 25.5 Å². The Morgan fingerprint density at radius 1 is 1.07 bits per heavy atom. The van der Waals surface area contributed by atoms with E-state index in [9.17, 15) is 14.0 Å². The molecule has 0 saturated carbocycles. The van der Waals surface area contributed by atoms with Gasteiger partial charge in [0.15, 0.2) is 6.10 Å². The van der Waals surface area contributed by atoms with Crippen LogP contribution in [0.15, 0.2) is 48.5 Å². The summed E-state index contributed by atoms with van der Waals surface area (Å²) in [5, 5.41) is 2.68. The standard InChI is InChI=1S/C22H25FN2O4/c1-16(21(26)24-14-17-4-8-20(23)9-5-17)29-22(27)19-6-2-18(3-7-19)15-25-10-12-28-13-11-25/h2-9,16H,10-15H2,1H3,(H,24,26)/p+1/t16-/m1/s1. The van der Waals surface area contributed by atoms with Gasteiger partial charge in [0.2, 0.25) is 0 Å². The molecule has 0 spiro atoms. The van der Waals surface area contributed by atoms with E-state index in [2.05, 4.69) is 5.32 Å². The van der Waals surface area contributed by atoms with Crippen molar-refractivity contribution in [2.75, 3.05) is 26.3 Å². The topological polar surface area (TPSA) is 69.1 Å². The highest BCUT2D eigenvalue weighted by Gasteiger charge is 2.19. The summed E-state index contributed by atoms with van der Waals surface area (Å²) in [4.78, 5) is 25.9. The van der Waals surface area contributed by atoms with Crippen LogP contribution in [0, 0.1) is 5.82 Å². The van der Waals surface area contributed by atoms with Gasteiger partial charge in [-0.05, 0) is 36.8 Å². The van der Waals surface area contributed by atoms with Crippen molar-refractivity contribution in [3.05, 3.63) is 71.0 Å². The third kappa shape index (κ3) is 6.37. The Morgan fingerprint density at radius 3 is 2.34 bits per heavy atom. The first-order valence-corrected chi connectivity index (χ1v) is 9.74. The Kier molecular flexibility index (Phi) is 7.32. The lowest BCUT2D eigenvalue weighted by Crippen LogP contribution is -3.12. The molecule has 6 nitrogen and oxygen atoms in total. The maximum absolute atomic E-state index is 12.9. The molecule has 29 heavy (non-hydrogen) atoms. The second-order valence-corrected chi connectivity index (χ2v) is 7.13. The molecule has 0 radical (unpaired) electrons. The maximum Gasteiger partial charge on any atom is 0.338 e. The van der Waals surface area contributed by atoms with Crippen molar-refractivity contribution in [1.82, 2.24) is 5.32 Å². The summed E-state index contributed by atoms with van der Waals surface area (Å²) in [6.45, 7) is 6.17. The number of halogens is 1. The highest BCUT2D eigenvalue weighted by atomic mass is 19.1. The molecule has 154 valence electrons. The number of carbonyl (C=O) groups is 2. The quantitative estimate of drug-likeness (QED) is 0.682. The monoisotopic (exact) mass is 401 g/mol. The molecule has 2 aromatic carbocycles. The van der Waals surface area contributed by atoms with Gasteiger partial charge < -0.3 is 19.7 Å². The molecular weight excluding hydrogens is 375 g/mol. The first kappa shape index (κ1) is 21.0. The van der Waals surface area contributed by atoms with Crippen molar-refractivity contribution in [3.63, 3.8) is 0 Å². The van der Waals surface area contributed by atoms with E-state index >= 15 is 0 Å². The van der Waals surface area contributed by atoms with Crippen molar-refractivity contribution in [3.8, 4) is 0 Å². The smallest absolute Gasteiger partial charge is 0.338 e. The van der Waals surface area contributed by atoms with Crippen LogP contribution in [0.3, 0.4) is 0 Å². The van der Waals surface area contributed by atoms with E-state index in [1.54, 1.807) is 24.3 Å². The fourth-order valence-corrected chi connectivity index (χ4v) is 3.10. The van der Waals surface area contributed by atoms with E-state index in [1.807, 2.05) is 12.1 Å². The van der Waals surface area contributed by atoms with Gasteiger partial charge in [-0.1, -0.05) is 24.3 Å². The minimum Gasteiger partial charge on any atom is -0.449 e. The van der Waals surface area contributed by atoms with Crippen LogP contribution in [0.1, 0.15) is 28.4 Å². The molecule has 0 aliphatic carbocycles. The van der Waals surface area contributed by atoms with E-state index in [0.29, 0.717) is 5.56 Å². The van der Waals surface area contributed by atoms with Crippen molar-refractivity contribution >= 4 is 11.9 Å². The third-order valence-corrected chi connectivity index (χ3v) is 4.88. The molecule has 1 atom stereocenters. The summed E-state index contributed by atoms with van der Waals surface area (Å²) in [6.07, 6.45) is -0.930. The van der Waals surface area contributed by atoms with Crippen molar-refractivity contribution in [2.24, 2.45) is 0 Å². The van der Waals surface area contributed by atoms with Crippen LogP contribution in [-0.4, -0.2) is 44.3 Å². The third-order valence-electron chi connectivity index (χ3n) is 4.88. The van der Waals surface area contributed by atoms with E-state index in [1.165, 1.54) is 24.0 Å². The highest BCUT2D eigenvalue weighted by Crippen LogP contribution is 2.08. The molecule has 1 fully saturated rings. The zero-order valence-electron chi connectivity index (χ0n) is 16.4. The molecule has 2 aromatic rings. The number of amides is 1. The van der Waals surface area contributed by atoms with Gasteiger partial charge in [0, 0.05) is 12.1 Å². The average Bonchev–Trinajstić information content (AvgIpc) is 2.74. The average molecular weight is 401 g/mol. The molecular formula is C22H26FN2O4+. The lowest BCUT2D eigenvalue weighted by atomic mass is 10.1. The van der Waals surface area contributed by atoms with E-state index < -0.39 is 18.0 Å².